The highest BCUT2D eigenvalue weighted by Gasteiger charge is 2.09. The number of ether oxygens (including phenoxy) is 1. The minimum atomic E-state index is -0.0278. The molecule has 0 spiro atoms. The smallest absolute Gasteiger partial charge is 0.260 e. The number of thiazole rings is 1. The highest BCUT2D eigenvalue weighted by molar-refractivity contribution is 7.14. The van der Waals surface area contributed by atoms with Crippen LogP contribution in [0, 0.1) is 0 Å². The third-order valence-corrected chi connectivity index (χ3v) is 3.94. The molecule has 0 fully saturated rings. The normalized spacial score (nSPS) is 10.8. The zero-order valence-corrected chi connectivity index (χ0v) is 13.3. The van der Waals surface area contributed by atoms with Crippen molar-refractivity contribution in [3.05, 3.63) is 34.1 Å². The average Bonchev–Trinajstić information content (AvgIpc) is 2.95. The second-order valence-corrected chi connectivity index (χ2v) is 5.59. The van der Waals surface area contributed by atoms with Crippen LogP contribution in [0.2, 0.25) is 0 Å². The fourth-order valence-electron chi connectivity index (χ4n) is 1.95. The molecule has 2 heterocycles. The Hall–Kier alpha value is -1.66. The van der Waals surface area contributed by atoms with E-state index in [2.05, 4.69) is 17.2 Å². The number of hydrogen-bond donors (Lipinski definition) is 1. The molecule has 2 rings (SSSR count). The number of unbranched alkanes of at least 4 members (excludes halogenated alkanes) is 1. The highest BCUT2D eigenvalue weighted by Crippen LogP contribution is 2.22. The first-order valence-corrected chi connectivity index (χ1v) is 8.02. The first kappa shape index (κ1) is 15.7. The van der Waals surface area contributed by atoms with E-state index in [1.807, 2.05) is 17.5 Å². The molecule has 0 aliphatic carbocycles. The predicted molar refractivity (Wildman–Crippen MR) is 87.1 cm³/mol. The maximum atomic E-state index is 12.4. The van der Waals surface area contributed by atoms with Crippen LogP contribution in [-0.2, 0) is 11.3 Å². The molecule has 1 N–H and O–H groups in total. The van der Waals surface area contributed by atoms with Crippen molar-refractivity contribution in [1.29, 1.82) is 0 Å². The minimum Gasteiger partial charge on any atom is -0.383 e. The Bertz CT molecular complexity index is 621. The zero-order chi connectivity index (χ0) is 15.1. The Labute approximate surface area is 128 Å². The summed E-state index contributed by atoms with van der Waals surface area (Å²) in [4.78, 5) is 16.9. The number of aromatic nitrogens is 2. The molecule has 5 nitrogen and oxygen atoms in total. The van der Waals surface area contributed by atoms with Gasteiger partial charge in [-0.05, 0) is 18.6 Å². The van der Waals surface area contributed by atoms with Crippen LogP contribution in [0.15, 0.2) is 28.5 Å². The van der Waals surface area contributed by atoms with Crippen molar-refractivity contribution in [2.24, 2.45) is 0 Å². The summed E-state index contributed by atoms with van der Waals surface area (Å²) in [7, 11) is 1.63. The molecule has 0 aliphatic rings. The number of rotatable bonds is 8. The Morgan fingerprint density at radius 3 is 3.10 bits per heavy atom. The van der Waals surface area contributed by atoms with E-state index < -0.39 is 0 Å². The number of pyridine rings is 1. The van der Waals surface area contributed by atoms with E-state index in [1.54, 1.807) is 17.9 Å². The van der Waals surface area contributed by atoms with Gasteiger partial charge in [-0.1, -0.05) is 13.3 Å². The molecule has 0 atom stereocenters. The van der Waals surface area contributed by atoms with Crippen molar-refractivity contribution in [3.8, 4) is 11.3 Å². The highest BCUT2D eigenvalue weighted by atomic mass is 32.1. The van der Waals surface area contributed by atoms with Crippen molar-refractivity contribution >= 4 is 16.5 Å². The van der Waals surface area contributed by atoms with Crippen molar-refractivity contribution in [1.82, 2.24) is 9.55 Å². The van der Waals surface area contributed by atoms with Gasteiger partial charge in [0.1, 0.15) is 0 Å². The zero-order valence-electron chi connectivity index (χ0n) is 12.5. The largest absolute Gasteiger partial charge is 0.383 e. The van der Waals surface area contributed by atoms with E-state index in [4.69, 9.17) is 4.74 Å². The van der Waals surface area contributed by atoms with E-state index in [1.165, 1.54) is 11.3 Å². The number of nitrogens with zero attached hydrogens (tertiary/aromatic N) is 2. The molecule has 0 bridgehead atoms. The summed E-state index contributed by atoms with van der Waals surface area (Å²) in [6.07, 6.45) is 4.04. The fraction of sp³-hybridized carbons (Fsp3) is 0.467. The molecule has 114 valence electrons. The molecular formula is C15H21N3O2S. The minimum absolute atomic E-state index is 0.0278. The van der Waals surface area contributed by atoms with Crippen molar-refractivity contribution in [2.75, 3.05) is 25.6 Å². The van der Waals surface area contributed by atoms with Crippen LogP contribution in [0.1, 0.15) is 19.8 Å². The molecule has 0 saturated heterocycles. The summed E-state index contributed by atoms with van der Waals surface area (Å²) in [6.45, 7) is 4.14. The van der Waals surface area contributed by atoms with Crippen molar-refractivity contribution in [2.45, 2.75) is 26.3 Å². The van der Waals surface area contributed by atoms with Gasteiger partial charge in [-0.2, -0.15) is 0 Å². The summed E-state index contributed by atoms with van der Waals surface area (Å²) in [5.74, 6) is 0. The van der Waals surface area contributed by atoms with Crippen LogP contribution in [-0.4, -0.2) is 29.8 Å². The topological polar surface area (TPSA) is 56.1 Å². The van der Waals surface area contributed by atoms with Crippen molar-refractivity contribution in [3.63, 3.8) is 0 Å². The third-order valence-electron chi connectivity index (χ3n) is 3.14. The van der Waals surface area contributed by atoms with Gasteiger partial charge in [-0.15, -0.1) is 11.3 Å². The molecule has 0 unspecified atom stereocenters. The molecule has 2 aromatic rings. The van der Waals surface area contributed by atoms with E-state index >= 15 is 0 Å². The van der Waals surface area contributed by atoms with Crippen LogP contribution in [0.3, 0.4) is 0 Å². The number of nitrogens with one attached hydrogen (secondary N) is 1. The van der Waals surface area contributed by atoms with Gasteiger partial charge in [0, 0.05) is 31.8 Å². The lowest BCUT2D eigenvalue weighted by Gasteiger charge is -2.06. The lowest BCUT2D eigenvalue weighted by molar-refractivity contribution is 0.186. The maximum absolute atomic E-state index is 12.4. The van der Waals surface area contributed by atoms with Crippen LogP contribution >= 0.6 is 11.3 Å². The first-order chi connectivity index (χ1) is 10.3. The van der Waals surface area contributed by atoms with Crippen molar-refractivity contribution < 1.29 is 4.74 Å². The van der Waals surface area contributed by atoms with Gasteiger partial charge >= 0.3 is 0 Å². The van der Waals surface area contributed by atoms with Gasteiger partial charge in [-0.3, -0.25) is 4.79 Å². The summed E-state index contributed by atoms with van der Waals surface area (Å²) in [5, 5.41) is 6.07. The van der Waals surface area contributed by atoms with E-state index in [9.17, 15) is 4.79 Å². The van der Waals surface area contributed by atoms with Crippen LogP contribution in [0.4, 0.5) is 5.13 Å². The maximum Gasteiger partial charge on any atom is 0.260 e. The van der Waals surface area contributed by atoms with Gasteiger partial charge in [-0.25, -0.2) is 4.98 Å². The van der Waals surface area contributed by atoms with Crippen LogP contribution in [0.25, 0.3) is 11.3 Å². The second kappa shape index (κ2) is 7.95. The quantitative estimate of drug-likeness (QED) is 0.762. The summed E-state index contributed by atoms with van der Waals surface area (Å²) >= 11 is 1.53. The van der Waals surface area contributed by atoms with Crippen LogP contribution < -0.4 is 10.9 Å². The average molecular weight is 307 g/mol. The van der Waals surface area contributed by atoms with Gasteiger partial charge in [0.15, 0.2) is 5.13 Å². The fourth-order valence-corrected chi connectivity index (χ4v) is 2.69. The molecule has 2 aromatic heterocycles. The third kappa shape index (κ3) is 4.15. The SMILES string of the molecule is CCCCNc1nc(-c2cccn(CCOC)c2=O)cs1. The second-order valence-electron chi connectivity index (χ2n) is 4.73. The number of anilines is 1. The monoisotopic (exact) mass is 307 g/mol. The lowest BCUT2D eigenvalue weighted by atomic mass is 10.2. The summed E-state index contributed by atoms with van der Waals surface area (Å²) in [5.41, 5.74) is 1.34. The molecule has 0 aliphatic heterocycles. The van der Waals surface area contributed by atoms with Gasteiger partial charge in [0.05, 0.1) is 17.9 Å². The van der Waals surface area contributed by atoms with E-state index in [0.29, 0.717) is 18.7 Å². The van der Waals surface area contributed by atoms with Crippen LogP contribution in [0.5, 0.6) is 0 Å². The van der Waals surface area contributed by atoms with E-state index in [-0.39, 0.29) is 5.56 Å². The standard InChI is InChI=1S/C15H21N3O2S/c1-3-4-7-16-15-17-13(11-21-15)12-6-5-8-18(14(12)19)9-10-20-2/h5-6,8,11H,3-4,7,9-10H2,1-2H3,(H,16,17). The number of hydrogen-bond acceptors (Lipinski definition) is 5. The van der Waals surface area contributed by atoms with Gasteiger partial charge in [0.2, 0.25) is 0 Å². The summed E-state index contributed by atoms with van der Waals surface area (Å²) in [6, 6.07) is 3.69. The Kier molecular flexibility index (Phi) is 5.95. The first-order valence-electron chi connectivity index (χ1n) is 7.14. The molecular weight excluding hydrogens is 286 g/mol. The molecule has 0 aromatic carbocycles. The predicted octanol–water partition coefficient (Wildman–Crippen LogP) is 2.83. The molecule has 0 amide bonds. The summed E-state index contributed by atoms with van der Waals surface area (Å²) < 4.78 is 6.68. The molecule has 0 radical (unpaired) electrons. The molecule has 21 heavy (non-hydrogen) atoms. The Morgan fingerprint density at radius 1 is 1.48 bits per heavy atom. The lowest BCUT2D eigenvalue weighted by Crippen LogP contribution is -2.22. The van der Waals surface area contributed by atoms with E-state index in [0.717, 1.165) is 30.2 Å². The van der Waals surface area contributed by atoms with Gasteiger partial charge < -0.3 is 14.6 Å². The van der Waals surface area contributed by atoms with Gasteiger partial charge in [0.25, 0.3) is 5.56 Å². The Morgan fingerprint density at radius 2 is 2.33 bits per heavy atom. The molecule has 0 saturated carbocycles. The Balaban J connectivity index is 2.16. The number of methoxy groups -OCH3 is 1. The molecule has 6 heteroatoms.